The molecule has 3 rings (SSSR count). The SMILES string of the molecule is N[C@@H](CSSc1nccn1C1Cc2ccc(F)c(F)c2C1)C(=O)O. The van der Waals surface area contributed by atoms with Crippen molar-refractivity contribution in [3.63, 3.8) is 0 Å². The van der Waals surface area contributed by atoms with Crippen molar-refractivity contribution >= 4 is 27.6 Å². The van der Waals surface area contributed by atoms with Crippen LogP contribution in [-0.4, -0.2) is 32.4 Å². The van der Waals surface area contributed by atoms with Gasteiger partial charge in [0.1, 0.15) is 6.04 Å². The molecule has 9 heteroatoms. The number of rotatable bonds is 6. The minimum absolute atomic E-state index is 0.0324. The number of carbonyl (C=O) groups is 1. The van der Waals surface area contributed by atoms with Gasteiger partial charge in [0, 0.05) is 24.2 Å². The molecule has 0 radical (unpaired) electrons. The summed E-state index contributed by atoms with van der Waals surface area (Å²) in [5.74, 6) is -2.40. The molecule has 0 fully saturated rings. The summed E-state index contributed by atoms with van der Waals surface area (Å²) in [4.78, 5) is 15.0. The lowest BCUT2D eigenvalue weighted by Gasteiger charge is -2.14. The number of nitrogens with zero attached hydrogens (tertiary/aromatic N) is 2. The Labute approximate surface area is 145 Å². The fraction of sp³-hybridized carbons (Fsp3) is 0.333. The summed E-state index contributed by atoms with van der Waals surface area (Å²) in [7, 11) is 2.63. The van der Waals surface area contributed by atoms with E-state index < -0.39 is 23.6 Å². The summed E-state index contributed by atoms with van der Waals surface area (Å²) >= 11 is 0. The van der Waals surface area contributed by atoms with Gasteiger partial charge in [0.25, 0.3) is 0 Å². The second kappa shape index (κ2) is 7.12. The summed E-state index contributed by atoms with van der Waals surface area (Å²) in [5, 5.41) is 9.47. The summed E-state index contributed by atoms with van der Waals surface area (Å²) in [6.07, 6.45) is 4.45. The number of hydrogen-bond acceptors (Lipinski definition) is 5. The van der Waals surface area contributed by atoms with Crippen molar-refractivity contribution in [1.82, 2.24) is 9.55 Å². The molecule has 1 unspecified atom stereocenters. The molecular weight excluding hydrogens is 356 g/mol. The Morgan fingerprint density at radius 2 is 2.25 bits per heavy atom. The largest absolute Gasteiger partial charge is 0.480 e. The van der Waals surface area contributed by atoms with Gasteiger partial charge in [-0.05, 0) is 40.8 Å². The molecule has 0 saturated carbocycles. The number of aromatic nitrogens is 2. The summed E-state index contributed by atoms with van der Waals surface area (Å²) in [6, 6.07) is 1.82. The molecule has 0 saturated heterocycles. The number of hydrogen-bond donors (Lipinski definition) is 2. The van der Waals surface area contributed by atoms with E-state index in [1.54, 1.807) is 18.5 Å². The van der Waals surface area contributed by atoms with Crippen LogP contribution in [0.4, 0.5) is 8.78 Å². The van der Waals surface area contributed by atoms with Gasteiger partial charge in [0.2, 0.25) is 0 Å². The third-order valence-electron chi connectivity index (χ3n) is 3.91. The van der Waals surface area contributed by atoms with Gasteiger partial charge in [-0.15, -0.1) is 0 Å². The van der Waals surface area contributed by atoms with Crippen molar-refractivity contribution in [2.24, 2.45) is 5.73 Å². The lowest BCUT2D eigenvalue weighted by Crippen LogP contribution is -2.32. The monoisotopic (exact) mass is 371 g/mol. The number of carboxylic acids is 1. The van der Waals surface area contributed by atoms with E-state index in [1.807, 2.05) is 4.57 Å². The lowest BCUT2D eigenvalue weighted by atomic mass is 10.1. The van der Waals surface area contributed by atoms with E-state index in [1.165, 1.54) is 21.6 Å². The van der Waals surface area contributed by atoms with Crippen LogP contribution in [0.1, 0.15) is 17.2 Å². The van der Waals surface area contributed by atoms with Gasteiger partial charge in [-0.2, -0.15) is 0 Å². The van der Waals surface area contributed by atoms with Crippen LogP contribution in [0.2, 0.25) is 0 Å². The number of benzene rings is 1. The molecular formula is C15H15F2N3O2S2. The highest BCUT2D eigenvalue weighted by atomic mass is 33.1. The highest BCUT2D eigenvalue weighted by Gasteiger charge is 2.28. The predicted octanol–water partition coefficient (Wildman–Crippen LogP) is 2.65. The van der Waals surface area contributed by atoms with E-state index in [0.29, 0.717) is 23.6 Å². The van der Waals surface area contributed by atoms with Gasteiger partial charge in [0.05, 0.1) is 0 Å². The number of carboxylic acid groups (broad SMARTS) is 1. The molecule has 24 heavy (non-hydrogen) atoms. The Morgan fingerprint density at radius 3 is 3.00 bits per heavy atom. The zero-order valence-corrected chi connectivity index (χ0v) is 14.1. The minimum atomic E-state index is -1.05. The Morgan fingerprint density at radius 1 is 1.46 bits per heavy atom. The van der Waals surface area contributed by atoms with Crippen molar-refractivity contribution < 1.29 is 18.7 Å². The Kier molecular flexibility index (Phi) is 5.12. The van der Waals surface area contributed by atoms with Gasteiger partial charge in [-0.3, -0.25) is 4.79 Å². The van der Waals surface area contributed by atoms with Crippen LogP contribution in [0.5, 0.6) is 0 Å². The van der Waals surface area contributed by atoms with Crippen molar-refractivity contribution in [2.75, 3.05) is 5.75 Å². The maximum absolute atomic E-state index is 13.9. The number of aliphatic carboxylic acids is 1. The zero-order valence-electron chi connectivity index (χ0n) is 12.5. The van der Waals surface area contributed by atoms with E-state index in [2.05, 4.69) is 4.98 Å². The van der Waals surface area contributed by atoms with Crippen LogP contribution < -0.4 is 5.73 Å². The van der Waals surface area contributed by atoms with Gasteiger partial charge < -0.3 is 15.4 Å². The highest BCUT2D eigenvalue weighted by molar-refractivity contribution is 8.76. The molecule has 0 bridgehead atoms. The molecule has 3 N–H and O–H groups in total. The fourth-order valence-electron chi connectivity index (χ4n) is 2.68. The molecule has 5 nitrogen and oxygen atoms in total. The minimum Gasteiger partial charge on any atom is -0.480 e. The van der Waals surface area contributed by atoms with Gasteiger partial charge in [-0.1, -0.05) is 16.9 Å². The standard InChI is InChI=1S/C15H15F2N3O2S2/c16-11-2-1-8-5-9(6-10(8)13(11)17)20-4-3-19-15(20)24-23-7-12(18)14(21)22/h1-4,9,12H,5-7,18H2,(H,21,22)/t9?,12-/m0/s1. The zero-order chi connectivity index (χ0) is 17.3. The second-order valence-electron chi connectivity index (χ2n) is 5.49. The Balaban J connectivity index is 1.68. The van der Waals surface area contributed by atoms with Crippen LogP contribution in [0.25, 0.3) is 0 Å². The van der Waals surface area contributed by atoms with Gasteiger partial charge in [-0.25, -0.2) is 13.8 Å². The van der Waals surface area contributed by atoms with Gasteiger partial charge >= 0.3 is 5.97 Å². The predicted molar refractivity (Wildman–Crippen MR) is 89.0 cm³/mol. The molecule has 1 aromatic heterocycles. The summed E-state index contributed by atoms with van der Waals surface area (Å²) in [5.41, 5.74) is 6.70. The first kappa shape index (κ1) is 17.2. The summed E-state index contributed by atoms with van der Waals surface area (Å²) in [6.45, 7) is 0. The maximum Gasteiger partial charge on any atom is 0.321 e. The quantitative estimate of drug-likeness (QED) is 0.760. The number of nitrogens with two attached hydrogens (primary N) is 1. The molecule has 0 spiro atoms. The average Bonchev–Trinajstić information content (AvgIpc) is 3.17. The Bertz CT molecular complexity index is 769. The molecule has 0 aliphatic heterocycles. The van der Waals surface area contributed by atoms with Gasteiger partial charge in [0.15, 0.2) is 16.8 Å². The van der Waals surface area contributed by atoms with Crippen molar-refractivity contribution in [3.8, 4) is 0 Å². The molecule has 2 atom stereocenters. The lowest BCUT2D eigenvalue weighted by molar-refractivity contribution is -0.137. The van der Waals surface area contributed by atoms with Crippen LogP contribution in [0.15, 0.2) is 29.7 Å². The molecule has 128 valence electrons. The maximum atomic E-state index is 13.9. The van der Waals surface area contributed by atoms with Crippen molar-refractivity contribution in [3.05, 3.63) is 47.3 Å². The number of halogens is 2. The number of imidazole rings is 1. The second-order valence-corrected chi connectivity index (χ2v) is 7.80. The first-order chi connectivity index (χ1) is 11.5. The smallest absolute Gasteiger partial charge is 0.321 e. The normalized spacial score (nSPS) is 17.7. The molecule has 1 aromatic carbocycles. The molecule has 1 heterocycles. The van der Waals surface area contributed by atoms with Crippen LogP contribution in [0.3, 0.4) is 0 Å². The molecule has 2 aromatic rings. The van der Waals surface area contributed by atoms with E-state index in [4.69, 9.17) is 10.8 Å². The van der Waals surface area contributed by atoms with E-state index in [9.17, 15) is 13.6 Å². The van der Waals surface area contributed by atoms with Crippen molar-refractivity contribution in [2.45, 2.75) is 30.1 Å². The first-order valence-electron chi connectivity index (χ1n) is 7.23. The fourth-order valence-corrected chi connectivity index (χ4v) is 4.89. The Hall–Kier alpha value is -1.58. The average molecular weight is 371 g/mol. The number of fused-ring (bicyclic) bond motifs is 1. The highest BCUT2D eigenvalue weighted by Crippen LogP contribution is 2.37. The van der Waals surface area contributed by atoms with Crippen LogP contribution >= 0.6 is 21.6 Å². The third-order valence-corrected chi connectivity index (χ3v) is 6.20. The molecule has 1 aliphatic carbocycles. The first-order valence-corrected chi connectivity index (χ1v) is 9.55. The van der Waals surface area contributed by atoms with E-state index in [-0.39, 0.29) is 11.8 Å². The topological polar surface area (TPSA) is 81.1 Å². The van der Waals surface area contributed by atoms with E-state index in [0.717, 1.165) is 11.6 Å². The van der Waals surface area contributed by atoms with Crippen LogP contribution in [-0.2, 0) is 17.6 Å². The molecule has 0 amide bonds. The molecule has 1 aliphatic rings. The van der Waals surface area contributed by atoms with Crippen molar-refractivity contribution in [1.29, 1.82) is 0 Å². The summed E-state index contributed by atoms with van der Waals surface area (Å²) < 4.78 is 29.2. The van der Waals surface area contributed by atoms with Crippen LogP contribution in [0, 0.1) is 11.6 Å². The van der Waals surface area contributed by atoms with E-state index >= 15 is 0 Å². The third kappa shape index (κ3) is 3.42.